The average Bonchev–Trinajstić information content (AvgIpc) is 3.05. The topological polar surface area (TPSA) is 86.5 Å². The second kappa shape index (κ2) is 4.33. The predicted molar refractivity (Wildman–Crippen MR) is 65.9 cm³/mol. The second-order valence-electron chi connectivity index (χ2n) is 3.86. The van der Waals surface area contributed by atoms with Gasteiger partial charge in [-0.1, -0.05) is 12.1 Å². The molecule has 6 nitrogen and oxygen atoms in total. The number of fused-ring (bicyclic) bond motifs is 1. The van der Waals surface area contributed by atoms with Crippen molar-refractivity contribution >= 4 is 16.8 Å². The summed E-state index contributed by atoms with van der Waals surface area (Å²) in [6.07, 6.45) is 3.23. The van der Waals surface area contributed by atoms with Crippen molar-refractivity contribution in [2.75, 3.05) is 0 Å². The van der Waals surface area contributed by atoms with Gasteiger partial charge in [-0.3, -0.25) is 9.89 Å². The quantitative estimate of drug-likeness (QED) is 0.644. The number of hydrogen-bond donors (Lipinski definition) is 3. The van der Waals surface area contributed by atoms with Crippen molar-refractivity contribution in [3.63, 3.8) is 0 Å². The molecule has 3 N–H and O–H groups in total. The monoisotopic (exact) mass is 241 g/mol. The zero-order chi connectivity index (χ0) is 12.4. The Bertz CT molecular complexity index is 671. The number of aromatic nitrogens is 4. The number of H-pyrrole nitrogens is 2. The van der Waals surface area contributed by atoms with E-state index in [1.807, 2.05) is 24.4 Å². The molecule has 0 saturated heterocycles. The number of amides is 1. The molecule has 0 aliphatic rings. The largest absolute Gasteiger partial charge is 0.361 e. The molecule has 2 heterocycles. The summed E-state index contributed by atoms with van der Waals surface area (Å²) in [5.74, 6) is 0.487. The molecular formula is C12H11N5O. The van der Waals surface area contributed by atoms with Crippen LogP contribution in [0.25, 0.3) is 10.9 Å². The Morgan fingerprint density at radius 1 is 1.33 bits per heavy atom. The first-order chi connectivity index (χ1) is 8.84. The Labute approximate surface area is 102 Å². The van der Waals surface area contributed by atoms with Crippen molar-refractivity contribution in [3.05, 3.63) is 48.2 Å². The SMILES string of the molecule is O=C(NCc1ncn[nH]1)c1cccc2cc[nH]c12. The normalized spacial score (nSPS) is 10.7. The maximum Gasteiger partial charge on any atom is 0.253 e. The zero-order valence-electron chi connectivity index (χ0n) is 9.47. The third-order valence-corrected chi connectivity index (χ3v) is 2.71. The molecule has 0 unspecified atom stereocenters. The zero-order valence-corrected chi connectivity index (χ0v) is 9.47. The lowest BCUT2D eigenvalue weighted by atomic mass is 10.1. The van der Waals surface area contributed by atoms with Gasteiger partial charge in [0.2, 0.25) is 0 Å². The number of aromatic amines is 2. The molecule has 0 atom stereocenters. The number of carbonyl (C=O) groups excluding carboxylic acids is 1. The number of rotatable bonds is 3. The van der Waals surface area contributed by atoms with Gasteiger partial charge in [0.15, 0.2) is 0 Å². The number of nitrogens with one attached hydrogen (secondary N) is 3. The van der Waals surface area contributed by atoms with Crippen molar-refractivity contribution < 1.29 is 4.79 Å². The summed E-state index contributed by atoms with van der Waals surface area (Å²) in [7, 11) is 0. The Morgan fingerprint density at radius 2 is 2.28 bits per heavy atom. The highest BCUT2D eigenvalue weighted by atomic mass is 16.1. The van der Waals surface area contributed by atoms with E-state index in [-0.39, 0.29) is 5.91 Å². The Kier molecular flexibility index (Phi) is 2.53. The highest BCUT2D eigenvalue weighted by molar-refractivity contribution is 6.05. The van der Waals surface area contributed by atoms with Crippen LogP contribution in [0, 0.1) is 0 Å². The number of hydrogen-bond acceptors (Lipinski definition) is 3. The number of nitrogens with zero attached hydrogens (tertiary/aromatic N) is 2. The summed E-state index contributed by atoms with van der Waals surface area (Å²) in [4.78, 5) is 19.1. The van der Waals surface area contributed by atoms with Gasteiger partial charge >= 0.3 is 0 Å². The van der Waals surface area contributed by atoms with Crippen LogP contribution in [-0.4, -0.2) is 26.1 Å². The number of benzene rings is 1. The van der Waals surface area contributed by atoms with Gasteiger partial charge in [0.1, 0.15) is 12.2 Å². The lowest BCUT2D eigenvalue weighted by Crippen LogP contribution is -2.23. The van der Waals surface area contributed by atoms with E-state index in [1.165, 1.54) is 6.33 Å². The molecule has 0 bridgehead atoms. The third-order valence-electron chi connectivity index (χ3n) is 2.71. The predicted octanol–water partition coefficient (Wildman–Crippen LogP) is 1.22. The van der Waals surface area contributed by atoms with Crippen LogP contribution in [0.3, 0.4) is 0 Å². The van der Waals surface area contributed by atoms with E-state index in [0.29, 0.717) is 17.9 Å². The Morgan fingerprint density at radius 3 is 3.11 bits per heavy atom. The second-order valence-corrected chi connectivity index (χ2v) is 3.86. The van der Waals surface area contributed by atoms with E-state index in [2.05, 4.69) is 25.5 Å². The standard InChI is InChI=1S/C12H11N5O/c18-12(14-6-10-15-7-16-17-10)9-3-1-2-8-4-5-13-11(8)9/h1-5,7,13H,6H2,(H,14,18)(H,15,16,17). The van der Waals surface area contributed by atoms with E-state index >= 15 is 0 Å². The van der Waals surface area contributed by atoms with Crippen LogP contribution in [0.4, 0.5) is 0 Å². The first-order valence-corrected chi connectivity index (χ1v) is 5.53. The van der Waals surface area contributed by atoms with Gasteiger partial charge in [-0.15, -0.1) is 0 Å². The lowest BCUT2D eigenvalue weighted by Gasteiger charge is -2.04. The van der Waals surface area contributed by atoms with E-state index in [4.69, 9.17) is 0 Å². The van der Waals surface area contributed by atoms with Crippen molar-refractivity contribution in [2.45, 2.75) is 6.54 Å². The first kappa shape index (κ1) is 10.5. The molecule has 2 aromatic heterocycles. The molecule has 0 aliphatic carbocycles. The maximum absolute atomic E-state index is 12.1. The summed E-state index contributed by atoms with van der Waals surface area (Å²) in [6.45, 7) is 0.329. The summed E-state index contributed by atoms with van der Waals surface area (Å²) in [5, 5.41) is 10.2. The summed E-state index contributed by atoms with van der Waals surface area (Å²) >= 11 is 0. The van der Waals surface area contributed by atoms with Crippen LogP contribution < -0.4 is 5.32 Å². The molecule has 0 spiro atoms. The van der Waals surface area contributed by atoms with Crippen LogP contribution in [0.1, 0.15) is 16.2 Å². The van der Waals surface area contributed by atoms with Gasteiger partial charge in [0.25, 0.3) is 5.91 Å². The molecule has 6 heteroatoms. The lowest BCUT2D eigenvalue weighted by molar-refractivity contribution is 0.0951. The van der Waals surface area contributed by atoms with Gasteiger partial charge in [0, 0.05) is 11.6 Å². The molecule has 18 heavy (non-hydrogen) atoms. The van der Waals surface area contributed by atoms with Crippen LogP contribution in [-0.2, 0) is 6.54 Å². The molecule has 0 saturated carbocycles. The average molecular weight is 241 g/mol. The minimum atomic E-state index is -0.139. The van der Waals surface area contributed by atoms with E-state index in [9.17, 15) is 4.79 Å². The van der Waals surface area contributed by atoms with Crippen molar-refractivity contribution in [1.82, 2.24) is 25.5 Å². The Hall–Kier alpha value is -2.63. The molecule has 90 valence electrons. The van der Waals surface area contributed by atoms with Crippen molar-refractivity contribution in [2.24, 2.45) is 0 Å². The van der Waals surface area contributed by atoms with Crippen LogP contribution >= 0.6 is 0 Å². The maximum atomic E-state index is 12.1. The fraction of sp³-hybridized carbons (Fsp3) is 0.0833. The minimum absolute atomic E-state index is 0.139. The summed E-state index contributed by atoms with van der Waals surface area (Å²) in [5.41, 5.74) is 1.46. The van der Waals surface area contributed by atoms with Gasteiger partial charge in [-0.2, -0.15) is 5.10 Å². The number of para-hydroxylation sites is 1. The van der Waals surface area contributed by atoms with Gasteiger partial charge in [-0.05, 0) is 12.1 Å². The summed E-state index contributed by atoms with van der Waals surface area (Å²) in [6, 6.07) is 7.54. The molecular weight excluding hydrogens is 230 g/mol. The molecule has 3 rings (SSSR count). The molecule has 3 aromatic rings. The van der Waals surface area contributed by atoms with E-state index < -0.39 is 0 Å². The minimum Gasteiger partial charge on any atom is -0.361 e. The van der Waals surface area contributed by atoms with E-state index in [0.717, 1.165) is 10.9 Å². The van der Waals surface area contributed by atoms with Crippen LogP contribution in [0.5, 0.6) is 0 Å². The smallest absolute Gasteiger partial charge is 0.253 e. The van der Waals surface area contributed by atoms with E-state index in [1.54, 1.807) is 6.07 Å². The van der Waals surface area contributed by atoms with Crippen LogP contribution in [0.2, 0.25) is 0 Å². The van der Waals surface area contributed by atoms with Gasteiger partial charge < -0.3 is 10.3 Å². The molecule has 0 radical (unpaired) electrons. The van der Waals surface area contributed by atoms with Gasteiger partial charge in [0.05, 0.1) is 17.6 Å². The first-order valence-electron chi connectivity index (χ1n) is 5.53. The fourth-order valence-electron chi connectivity index (χ4n) is 1.85. The highest BCUT2D eigenvalue weighted by Gasteiger charge is 2.10. The van der Waals surface area contributed by atoms with Gasteiger partial charge in [-0.25, -0.2) is 4.98 Å². The van der Waals surface area contributed by atoms with Crippen LogP contribution in [0.15, 0.2) is 36.8 Å². The molecule has 0 fully saturated rings. The third kappa shape index (κ3) is 1.84. The molecule has 1 amide bonds. The molecule has 1 aromatic carbocycles. The summed E-state index contributed by atoms with van der Waals surface area (Å²) < 4.78 is 0. The number of carbonyl (C=O) groups is 1. The fourth-order valence-corrected chi connectivity index (χ4v) is 1.85. The molecule has 0 aliphatic heterocycles. The van der Waals surface area contributed by atoms with Crippen molar-refractivity contribution in [3.8, 4) is 0 Å². The highest BCUT2D eigenvalue weighted by Crippen LogP contribution is 2.16. The Balaban J connectivity index is 1.81. The van der Waals surface area contributed by atoms with Crippen molar-refractivity contribution in [1.29, 1.82) is 0 Å².